The maximum atomic E-state index is 11.3. The minimum atomic E-state index is -1.76. The molecule has 1 N–H and O–H groups in total. The van der Waals surface area contributed by atoms with Crippen molar-refractivity contribution in [2.75, 3.05) is 13.7 Å². The normalized spacial score (nSPS) is 29.0. The van der Waals surface area contributed by atoms with Crippen LogP contribution in [0.4, 0.5) is 0 Å². The van der Waals surface area contributed by atoms with E-state index in [-0.39, 0.29) is 6.61 Å². The molecule has 0 bridgehead atoms. The second kappa shape index (κ2) is 6.07. The van der Waals surface area contributed by atoms with Crippen LogP contribution in [0.2, 0.25) is 0 Å². The molecule has 1 amide bonds. The zero-order valence-corrected chi connectivity index (χ0v) is 14.7. The summed E-state index contributed by atoms with van der Waals surface area (Å²) in [6, 6.07) is 7.61. The highest BCUT2D eigenvalue weighted by molar-refractivity contribution is 9.10. The molecule has 1 aliphatic rings. The molecule has 0 radical (unpaired) electrons. The van der Waals surface area contributed by atoms with Gasteiger partial charge in [-0.05, 0) is 33.4 Å². The number of nitrogens with zero attached hydrogens (tertiary/aromatic N) is 1. The third kappa shape index (κ3) is 2.46. The predicted octanol–water partition coefficient (Wildman–Crippen LogP) is 2.83. The number of rotatable bonds is 3. The van der Waals surface area contributed by atoms with Crippen LogP contribution in [0, 0.1) is 0 Å². The number of hydrogen-bond donors (Lipinski definition) is 1. The lowest BCUT2D eigenvalue weighted by atomic mass is 10.1. The van der Waals surface area contributed by atoms with Gasteiger partial charge < -0.3 is 14.6 Å². The number of thiophene rings is 1. The van der Waals surface area contributed by atoms with Crippen molar-refractivity contribution in [1.29, 1.82) is 0 Å². The SMILES string of the molecule is COC1N(C=O)C(Cl)COC1(O)c1cc2cccc(Br)c2s1. The van der Waals surface area contributed by atoms with E-state index in [1.807, 2.05) is 24.3 Å². The fourth-order valence-corrected chi connectivity index (χ4v) is 4.46. The lowest BCUT2D eigenvalue weighted by Crippen LogP contribution is -2.60. The van der Waals surface area contributed by atoms with Crippen molar-refractivity contribution < 1.29 is 19.4 Å². The van der Waals surface area contributed by atoms with Crippen LogP contribution in [0.3, 0.4) is 0 Å². The fourth-order valence-electron chi connectivity index (χ4n) is 2.50. The predicted molar refractivity (Wildman–Crippen MR) is 87.7 cm³/mol. The standard InChI is InChI=1S/C14H13BrClNO4S/c1-20-13-14(19,21-6-11(16)17(13)7-18)10-5-8-3-2-4-9(15)12(8)22-10/h2-5,7,11,13,19H,6H2,1H3. The van der Waals surface area contributed by atoms with E-state index in [1.54, 1.807) is 0 Å². The van der Waals surface area contributed by atoms with Crippen LogP contribution in [0.25, 0.3) is 10.1 Å². The Labute approximate surface area is 144 Å². The zero-order valence-electron chi connectivity index (χ0n) is 11.5. The highest BCUT2D eigenvalue weighted by atomic mass is 79.9. The van der Waals surface area contributed by atoms with E-state index in [0.29, 0.717) is 11.3 Å². The molecule has 0 saturated carbocycles. The van der Waals surface area contributed by atoms with Gasteiger partial charge in [0.2, 0.25) is 12.2 Å². The van der Waals surface area contributed by atoms with Gasteiger partial charge in [0.05, 0.1) is 11.5 Å². The number of benzene rings is 1. The maximum absolute atomic E-state index is 11.3. The molecule has 118 valence electrons. The Kier molecular flexibility index (Phi) is 4.46. The average molecular weight is 407 g/mol. The van der Waals surface area contributed by atoms with Gasteiger partial charge >= 0.3 is 0 Å². The van der Waals surface area contributed by atoms with Crippen molar-refractivity contribution >= 4 is 55.4 Å². The van der Waals surface area contributed by atoms with Gasteiger partial charge in [-0.1, -0.05) is 23.7 Å². The molecule has 1 aliphatic heterocycles. The van der Waals surface area contributed by atoms with E-state index in [1.165, 1.54) is 23.3 Å². The van der Waals surface area contributed by atoms with Crippen LogP contribution in [-0.2, 0) is 20.1 Å². The molecule has 2 heterocycles. The summed E-state index contributed by atoms with van der Waals surface area (Å²) in [5.41, 5.74) is -0.691. The van der Waals surface area contributed by atoms with Gasteiger partial charge in [-0.3, -0.25) is 9.69 Å². The highest BCUT2D eigenvalue weighted by Crippen LogP contribution is 2.42. The summed E-state index contributed by atoms with van der Waals surface area (Å²) in [6.07, 6.45) is -0.462. The Morgan fingerprint density at radius 3 is 3.05 bits per heavy atom. The highest BCUT2D eigenvalue weighted by Gasteiger charge is 2.50. The first kappa shape index (κ1) is 16.2. The van der Waals surface area contributed by atoms with Gasteiger partial charge in [-0.2, -0.15) is 0 Å². The monoisotopic (exact) mass is 405 g/mol. The summed E-state index contributed by atoms with van der Waals surface area (Å²) in [5.74, 6) is -1.76. The summed E-state index contributed by atoms with van der Waals surface area (Å²) < 4.78 is 12.8. The molecule has 3 rings (SSSR count). The molecule has 1 fully saturated rings. The Morgan fingerprint density at radius 1 is 1.64 bits per heavy atom. The third-order valence-electron chi connectivity index (χ3n) is 3.56. The lowest BCUT2D eigenvalue weighted by Gasteiger charge is -2.45. The summed E-state index contributed by atoms with van der Waals surface area (Å²) in [7, 11) is 1.40. The number of methoxy groups -OCH3 is 1. The Bertz CT molecular complexity index is 711. The lowest BCUT2D eigenvalue weighted by molar-refractivity contribution is -0.327. The third-order valence-corrected chi connectivity index (χ3v) is 6.13. The number of morpholine rings is 1. The first-order valence-corrected chi connectivity index (χ1v) is 8.50. The number of carbonyl (C=O) groups excluding carboxylic acids is 1. The maximum Gasteiger partial charge on any atom is 0.248 e. The number of hydrogen-bond acceptors (Lipinski definition) is 5. The minimum Gasteiger partial charge on any atom is -0.358 e. The van der Waals surface area contributed by atoms with E-state index in [4.69, 9.17) is 21.1 Å². The minimum absolute atomic E-state index is 0.00602. The second-order valence-corrected chi connectivity index (χ2v) is 7.26. The first-order valence-electron chi connectivity index (χ1n) is 6.45. The molecule has 3 unspecified atom stereocenters. The van der Waals surface area contributed by atoms with Gasteiger partial charge in [0.15, 0.2) is 6.23 Å². The molecule has 22 heavy (non-hydrogen) atoms. The first-order chi connectivity index (χ1) is 10.5. The number of halogens is 2. The van der Waals surface area contributed by atoms with Crippen LogP contribution in [0.5, 0.6) is 0 Å². The number of ether oxygens (including phenoxy) is 2. The molecule has 2 aromatic rings. The van der Waals surface area contributed by atoms with E-state index in [9.17, 15) is 9.90 Å². The van der Waals surface area contributed by atoms with Crippen LogP contribution in [0.15, 0.2) is 28.7 Å². The van der Waals surface area contributed by atoms with E-state index in [2.05, 4.69) is 15.9 Å². The summed E-state index contributed by atoms with van der Waals surface area (Å²) >= 11 is 10.9. The number of fused-ring (bicyclic) bond motifs is 1. The zero-order chi connectivity index (χ0) is 15.9. The molecule has 8 heteroatoms. The number of alkyl halides is 1. The number of amides is 1. The van der Waals surface area contributed by atoms with Crippen molar-refractivity contribution in [3.63, 3.8) is 0 Å². The quantitative estimate of drug-likeness (QED) is 0.484. The van der Waals surface area contributed by atoms with Crippen molar-refractivity contribution in [2.45, 2.75) is 17.5 Å². The smallest absolute Gasteiger partial charge is 0.248 e. The summed E-state index contributed by atoms with van der Waals surface area (Å²) in [5, 5.41) is 12.0. The van der Waals surface area contributed by atoms with Crippen LogP contribution >= 0.6 is 38.9 Å². The Balaban J connectivity index is 2.09. The number of aliphatic hydroxyl groups is 1. The Hall–Kier alpha value is -0.700. The molecule has 1 saturated heterocycles. The van der Waals surface area contributed by atoms with Crippen molar-refractivity contribution in [3.05, 3.63) is 33.6 Å². The number of carbonyl (C=O) groups is 1. The van der Waals surface area contributed by atoms with E-state index in [0.717, 1.165) is 14.6 Å². The molecule has 3 atom stereocenters. The summed E-state index contributed by atoms with van der Waals surface area (Å²) in [4.78, 5) is 13.0. The average Bonchev–Trinajstić information content (AvgIpc) is 2.95. The largest absolute Gasteiger partial charge is 0.358 e. The second-order valence-electron chi connectivity index (χ2n) is 4.85. The van der Waals surface area contributed by atoms with Crippen LogP contribution in [0.1, 0.15) is 4.88 Å². The molecule has 0 aliphatic carbocycles. The molecule has 5 nitrogen and oxygen atoms in total. The van der Waals surface area contributed by atoms with Gasteiger partial charge in [-0.25, -0.2) is 0 Å². The molecular weight excluding hydrogens is 394 g/mol. The molecular formula is C14H13BrClNO4S. The van der Waals surface area contributed by atoms with E-state index < -0.39 is 17.5 Å². The van der Waals surface area contributed by atoms with Crippen molar-refractivity contribution in [1.82, 2.24) is 4.90 Å². The summed E-state index contributed by atoms with van der Waals surface area (Å²) in [6.45, 7) is 0.00602. The van der Waals surface area contributed by atoms with E-state index >= 15 is 0 Å². The van der Waals surface area contributed by atoms with Crippen molar-refractivity contribution in [2.24, 2.45) is 0 Å². The Morgan fingerprint density at radius 2 is 2.41 bits per heavy atom. The van der Waals surface area contributed by atoms with Gasteiger partial charge in [-0.15, -0.1) is 11.3 Å². The van der Waals surface area contributed by atoms with Gasteiger partial charge in [0, 0.05) is 16.3 Å². The topological polar surface area (TPSA) is 59.0 Å². The molecule has 0 spiro atoms. The fraction of sp³-hybridized carbons (Fsp3) is 0.357. The van der Waals surface area contributed by atoms with Crippen LogP contribution < -0.4 is 0 Å². The van der Waals surface area contributed by atoms with Gasteiger partial charge in [0.1, 0.15) is 5.50 Å². The van der Waals surface area contributed by atoms with Gasteiger partial charge in [0.25, 0.3) is 0 Å². The molecule has 1 aromatic carbocycles. The van der Waals surface area contributed by atoms with Crippen LogP contribution in [-0.4, -0.2) is 41.9 Å². The van der Waals surface area contributed by atoms with Crippen molar-refractivity contribution in [3.8, 4) is 0 Å². The molecule has 1 aromatic heterocycles.